The molecule has 18 heavy (non-hydrogen) atoms. The largest absolute Gasteiger partial charge is 0.300 e. The molecule has 0 spiro atoms. The van der Waals surface area contributed by atoms with E-state index in [0.29, 0.717) is 12.3 Å². The average molecular weight is 248 g/mol. The van der Waals surface area contributed by atoms with Crippen LogP contribution in [-0.2, 0) is 17.6 Å². The topological polar surface area (TPSA) is 17.1 Å². The van der Waals surface area contributed by atoms with Crippen LogP contribution >= 0.6 is 0 Å². The Balaban J connectivity index is 0.00000137. The number of aryl methyl sites for hydroxylation is 1. The van der Waals surface area contributed by atoms with Crippen LogP contribution in [0.15, 0.2) is 24.3 Å². The van der Waals surface area contributed by atoms with Crippen LogP contribution in [0.5, 0.6) is 0 Å². The molecule has 0 radical (unpaired) electrons. The van der Waals surface area contributed by atoms with Crippen molar-refractivity contribution in [3.05, 3.63) is 35.4 Å². The summed E-state index contributed by atoms with van der Waals surface area (Å²) in [5.41, 5.74) is 2.75. The molecule has 0 aliphatic rings. The van der Waals surface area contributed by atoms with Gasteiger partial charge in [-0.15, -0.1) is 0 Å². The fraction of sp³-hybridized carbons (Fsp3) is 0.588. The van der Waals surface area contributed by atoms with Crippen molar-refractivity contribution in [2.24, 2.45) is 5.92 Å². The lowest BCUT2D eigenvalue weighted by atomic mass is 10.00. The molecule has 1 rings (SSSR count). The van der Waals surface area contributed by atoms with Gasteiger partial charge in [-0.05, 0) is 43.2 Å². The summed E-state index contributed by atoms with van der Waals surface area (Å²) in [5, 5.41) is 0. The van der Waals surface area contributed by atoms with Crippen molar-refractivity contribution >= 4 is 5.78 Å². The molecule has 0 aliphatic heterocycles. The molecule has 0 N–H and O–H groups in total. The van der Waals surface area contributed by atoms with Crippen molar-refractivity contribution in [2.45, 2.75) is 60.3 Å². The Morgan fingerprint density at radius 3 is 2.00 bits per heavy atom. The molecule has 0 fully saturated rings. The molecular formula is C17H28O. The maximum Gasteiger partial charge on any atom is 0.129 e. The molecule has 0 aliphatic carbocycles. The molecule has 0 saturated heterocycles. The van der Waals surface area contributed by atoms with E-state index in [1.54, 1.807) is 6.92 Å². The number of benzene rings is 1. The zero-order valence-electron chi connectivity index (χ0n) is 12.6. The van der Waals surface area contributed by atoms with Crippen LogP contribution in [0.1, 0.15) is 58.6 Å². The van der Waals surface area contributed by atoms with Gasteiger partial charge in [0.15, 0.2) is 0 Å². The van der Waals surface area contributed by atoms with Crippen molar-refractivity contribution in [3.63, 3.8) is 0 Å². The fourth-order valence-corrected chi connectivity index (χ4v) is 1.85. The van der Waals surface area contributed by atoms with Gasteiger partial charge in [-0.3, -0.25) is 0 Å². The Morgan fingerprint density at radius 1 is 1.06 bits per heavy atom. The van der Waals surface area contributed by atoms with E-state index in [0.717, 1.165) is 19.3 Å². The van der Waals surface area contributed by atoms with Crippen LogP contribution in [0.4, 0.5) is 0 Å². The second kappa shape index (κ2) is 9.87. The predicted octanol–water partition coefficient (Wildman–Crippen LogP) is 4.82. The van der Waals surface area contributed by atoms with Crippen LogP contribution in [0.3, 0.4) is 0 Å². The van der Waals surface area contributed by atoms with Gasteiger partial charge in [0, 0.05) is 6.42 Å². The first-order valence-electron chi connectivity index (χ1n) is 7.15. The van der Waals surface area contributed by atoms with Crippen LogP contribution in [0.25, 0.3) is 0 Å². The quantitative estimate of drug-likeness (QED) is 0.705. The number of carbonyl (C=O) groups is 1. The van der Waals surface area contributed by atoms with Gasteiger partial charge in [0.1, 0.15) is 5.78 Å². The molecule has 0 unspecified atom stereocenters. The minimum atomic E-state index is 0.288. The third kappa shape index (κ3) is 8.05. The number of hydrogen-bond acceptors (Lipinski definition) is 1. The van der Waals surface area contributed by atoms with E-state index in [2.05, 4.69) is 38.1 Å². The number of hydrogen-bond donors (Lipinski definition) is 0. The summed E-state index contributed by atoms with van der Waals surface area (Å²) in [6.45, 7) is 10.1. The first-order chi connectivity index (χ1) is 8.58. The van der Waals surface area contributed by atoms with Gasteiger partial charge in [0.2, 0.25) is 0 Å². The van der Waals surface area contributed by atoms with Crippen molar-refractivity contribution in [2.75, 3.05) is 0 Å². The first kappa shape index (κ1) is 16.9. The minimum absolute atomic E-state index is 0.288. The summed E-state index contributed by atoms with van der Waals surface area (Å²) >= 11 is 0. The van der Waals surface area contributed by atoms with E-state index in [1.165, 1.54) is 11.1 Å². The van der Waals surface area contributed by atoms with E-state index >= 15 is 0 Å². The highest BCUT2D eigenvalue weighted by atomic mass is 16.1. The molecule has 1 aromatic carbocycles. The molecule has 0 saturated carbocycles. The molecule has 1 nitrogen and oxygen atoms in total. The van der Waals surface area contributed by atoms with E-state index in [4.69, 9.17) is 0 Å². The van der Waals surface area contributed by atoms with Crippen LogP contribution < -0.4 is 0 Å². The number of rotatable bonds is 6. The lowest BCUT2D eigenvalue weighted by molar-refractivity contribution is -0.117. The Hall–Kier alpha value is -1.11. The number of ketones is 1. The van der Waals surface area contributed by atoms with Gasteiger partial charge < -0.3 is 4.79 Å². The van der Waals surface area contributed by atoms with E-state index in [1.807, 2.05) is 13.8 Å². The first-order valence-corrected chi connectivity index (χ1v) is 7.15. The molecule has 0 amide bonds. The molecule has 1 aromatic rings. The Bertz CT molecular complexity index is 322. The van der Waals surface area contributed by atoms with E-state index < -0.39 is 0 Å². The molecule has 1 heteroatoms. The zero-order chi connectivity index (χ0) is 14.0. The third-order valence-corrected chi connectivity index (χ3v) is 2.66. The maximum atomic E-state index is 10.8. The molecule has 0 heterocycles. The third-order valence-electron chi connectivity index (χ3n) is 2.66. The Morgan fingerprint density at radius 2 is 1.56 bits per heavy atom. The molecular weight excluding hydrogens is 220 g/mol. The monoisotopic (exact) mass is 248 g/mol. The highest BCUT2D eigenvalue weighted by Crippen LogP contribution is 2.11. The standard InChI is InChI=1S/C15H22O.C2H6/c1-12(2)11-15-9-7-14(8-10-15)6-4-5-13(3)16;1-2/h7-10,12H,4-6,11H2,1-3H3;1-2H3. The van der Waals surface area contributed by atoms with Crippen molar-refractivity contribution in [3.8, 4) is 0 Å². The molecule has 0 aromatic heterocycles. The van der Waals surface area contributed by atoms with Gasteiger partial charge in [-0.2, -0.15) is 0 Å². The second-order valence-electron chi connectivity index (χ2n) is 4.97. The summed E-state index contributed by atoms with van der Waals surface area (Å²) in [6, 6.07) is 8.81. The Labute approximate surface area is 113 Å². The molecule has 0 bridgehead atoms. The van der Waals surface area contributed by atoms with E-state index in [-0.39, 0.29) is 5.78 Å². The highest BCUT2D eigenvalue weighted by molar-refractivity contribution is 5.75. The maximum absolute atomic E-state index is 10.8. The van der Waals surface area contributed by atoms with Gasteiger partial charge in [-0.25, -0.2) is 0 Å². The van der Waals surface area contributed by atoms with Gasteiger partial charge in [0.05, 0.1) is 0 Å². The van der Waals surface area contributed by atoms with Crippen molar-refractivity contribution < 1.29 is 4.79 Å². The smallest absolute Gasteiger partial charge is 0.129 e. The fourth-order valence-electron chi connectivity index (χ4n) is 1.85. The summed E-state index contributed by atoms with van der Waals surface area (Å²) in [7, 11) is 0. The Kier molecular flexibility index (Phi) is 9.26. The van der Waals surface area contributed by atoms with Crippen molar-refractivity contribution in [1.82, 2.24) is 0 Å². The number of carbonyl (C=O) groups excluding carboxylic acids is 1. The summed E-state index contributed by atoms with van der Waals surface area (Å²) < 4.78 is 0. The number of Topliss-reactive ketones (excluding diaryl/α,β-unsaturated/α-hetero) is 1. The van der Waals surface area contributed by atoms with E-state index in [9.17, 15) is 4.79 Å². The van der Waals surface area contributed by atoms with Crippen LogP contribution in [-0.4, -0.2) is 5.78 Å². The van der Waals surface area contributed by atoms with Gasteiger partial charge in [0.25, 0.3) is 0 Å². The molecule has 102 valence electrons. The summed E-state index contributed by atoms with van der Waals surface area (Å²) in [5.74, 6) is 1.000. The predicted molar refractivity (Wildman–Crippen MR) is 80.0 cm³/mol. The lowest BCUT2D eigenvalue weighted by Gasteiger charge is -2.06. The summed E-state index contributed by atoms with van der Waals surface area (Å²) in [4.78, 5) is 10.8. The summed E-state index contributed by atoms with van der Waals surface area (Å²) in [6.07, 6.45) is 3.84. The van der Waals surface area contributed by atoms with Crippen LogP contribution in [0, 0.1) is 5.92 Å². The SMILES string of the molecule is CC.CC(=O)CCCc1ccc(CC(C)C)cc1. The minimum Gasteiger partial charge on any atom is -0.300 e. The highest BCUT2D eigenvalue weighted by Gasteiger charge is 1.99. The molecule has 0 atom stereocenters. The van der Waals surface area contributed by atoms with Crippen molar-refractivity contribution in [1.29, 1.82) is 0 Å². The van der Waals surface area contributed by atoms with Gasteiger partial charge >= 0.3 is 0 Å². The zero-order valence-corrected chi connectivity index (χ0v) is 12.6. The lowest BCUT2D eigenvalue weighted by Crippen LogP contribution is -1.95. The normalized spacial score (nSPS) is 9.89. The van der Waals surface area contributed by atoms with Crippen LogP contribution in [0.2, 0.25) is 0 Å². The second-order valence-corrected chi connectivity index (χ2v) is 4.97. The average Bonchev–Trinajstić information content (AvgIpc) is 2.33. The van der Waals surface area contributed by atoms with Gasteiger partial charge in [-0.1, -0.05) is 52.0 Å².